The molecular formula is C15H17BrN2O2. The molecule has 5 heteroatoms. The minimum atomic E-state index is -0.545. The Balaban J connectivity index is 1.99. The van der Waals surface area contributed by atoms with Crippen molar-refractivity contribution in [2.45, 2.75) is 25.9 Å². The predicted octanol–water partition coefficient (Wildman–Crippen LogP) is 3.38. The van der Waals surface area contributed by atoms with Gasteiger partial charge in [0.2, 0.25) is 0 Å². The van der Waals surface area contributed by atoms with Crippen LogP contribution in [0.15, 0.2) is 45.3 Å². The second kappa shape index (κ2) is 6.72. The van der Waals surface area contributed by atoms with Crippen molar-refractivity contribution in [3.05, 3.63) is 58.0 Å². The van der Waals surface area contributed by atoms with E-state index < -0.39 is 5.91 Å². The van der Waals surface area contributed by atoms with Gasteiger partial charge in [0.25, 0.3) is 5.91 Å². The van der Waals surface area contributed by atoms with E-state index in [-0.39, 0.29) is 11.8 Å². The van der Waals surface area contributed by atoms with Gasteiger partial charge in [-0.05, 0) is 36.2 Å². The van der Waals surface area contributed by atoms with Crippen LogP contribution in [0, 0.1) is 0 Å². The minimum Gasteiger partial charge on any atom is -0.455 e. The standard InChI is InChI=1S/C15H17BrN2O2/c1-2-13(10-3-5-11(16)6-4-10)18-9-12-7-8-14(20-12)15(17)19/h3-8,13,18H,2,9H2,1H3,(H2,17,19)/t13-/m0/s1. The van der Waals surface area contributed by atoms with Gasteiger partial charge in [-0.25, -0.2) is 0 Å². The summed E-state index contributed by atoms with van der Waals surface area (Å²) in [6.45, 7) is 2.68. The molecule has 2 rings (SSSR count). The summed E-state index contributed by atoms with van der Waals surface area (Å²) in [5, 5.41) is 3.41. The van der Waals surface area contributed by atoms with Crippen molar-refractivity contribution in [3.8, 4) is 0 Å². The lowest BCUT2D eigenvalue weighted by molar-refractivity contribution is 0.0972. The number of rotatable bonds is 6. The third-order valence-electron chi connectivity index (χ3n) is 3.11. The third-order valence-corrected chi connectivity index (χ3v) is 3.64. The van der Waals surface area contributed by atoms with Crippen LogP contribution in [0.2, 0.25) is 0 Å². The number of furan rings is 1. The quantitative estimate of drug-likeness (QED) is 0.849. The van der Waals surface area contributed by atoms with Gasteiger partial charge in [0.05, 0.1) is 6.54 Å². The molecule has 0 aliphatic rings. The zero-order valence-corrected chi connectivity index (χ0v) is 12.8. The molecule has 1 atom stereocenters. The fourth-order valence-corrected chi connectivity index (χ4v) is 2.29. The lowest BCUT2D eigenvalue weighted by atomic mass is 10.0. The molecule has 20 heavy (non-hydrogen) atoms. The Bertz CT molecular complexity index is 578. The lowest BCUT2D eigenvalue weighted by Crippen LogP contribution is -2.20. The molecule has 1 amide bonds. The first-order chi connectivity index (χ1) is 9.60. The number of carbonyl (C=O) groups is 1. The van der Waals surface area contributed by atoms with Crippen LogP contribution in [0.5, 0.6) is 0 Å². The fourth-order valence-electron chi connectivity index (χ4n) is 2.02. The van der Waals surface area contributed by atoms with Gasteiger partial charge in [-0.15, -0.1) is 0 Å². The number of hydrogen-bond donors (Lipinski definition) is 2. The van der Waals surface area contributed by atoms with Gasteiger partial charge < -0.3 is 15.5 Å². The van der Waals surface area contributed by atoms with E-state index in [9.17, 15) is 4.79 Å². The number of nitrogens with two attached hydrogens (primary N) is 1. The average molecular weight is 337 g/mol. The molecule has 0 aliphatic heterocycles. The van der Waals surface area contributed by atoms with Gasteiger partial charge in [-0.2, -0.15) is 0 Å². The Morgan fingerprint density at radius 2 is 2.00 bits per heavy atom. The molecule has 3 N–H and O–H groups in total. The van der Waals surface area contributed by atoms with Crippen molar-refractivity contribution in [1.29, 1.82) is 0 Å². The molecule has 0 unspecified atom stereocenters. The van der Waals surface area contributed by atoms with Gasteiger partial charge in [0.1, 0.15) is 5.76 Å². The molecule has 0 fully saturated rings. The van der Waals surface area contributed by atoms with E-state index in [0.717, 1.165) is 10.9 Å². The Labute approximate surface area is 126 Å². The van der Waals surface area contributed by atoms with Crippen molar-refractivity contribution >= 4 is 21.8 Å². The smallest absolute Gasteiger partial charge is 0.284 e. The molecule has 1 aromatic carbocycles. The fraction of sp³-hybridized carbons (Fsp3) is 0.267. The maximum absolute atomic E-state index is 11.0. The number of amides is 1. The SMILES string of the molecule is CC[C@H](NCc1ccc(C(N)=O)o1)c1ccc(Br)cc1. The van der Waals surface area contributed by atoms with E-state index in [1.807, 2.05) is 12.1 Å². The Hall–Kier alpha value is -1.59. The van der Waals surface area contributed by atoms with Crippen molar-refractivity contribution in [2.24, 2.45) is 5.73 Å². The monoisotopic (exact) mass is 336 g/mol. The van der Waals surface area contributed by atoms with E-state index in [1.165, 1.54) is 5.56 Å². The highest BCUT2D eigenvalue weighted by atomic mass is 79.9. The molecule has 0 saturated carbocycles. The van der Waals surface area contributed by atoms with Crippen molar-refractivity contribution in [1.82, 2.24) is 5.32 Å². The summed E-state index contributed by atoms with van der Waals surface area (Å²) in [5.41, 5.74) is 6.38. The number of hydrogen-bond acceptors (Lipinski definition) is 3. The molecule has 2 aromatic rings. The van der Waals surface area contributed by atoms with Gasteiger partial charge in [0.15, 0.2) is 5.76 Å². The molecule has 0 radical (unpaired) electrons. The molecule has 0 bridgehead atoms. The third kappa shape index (κ3) is 3.71. The summed E-state index contributed by atoms with van der Waals surface area (Å²) in [6, 6.07) is 11.8. The van der Waals surface area contributed by atoms with Crippen LogP contribution in [0.25, 0.3) is 0 Å². The van der Waals surface area contributed by atoms with Gasteiger partial charge in [-0.1, -0.05) is 35.0 Å². The number of carbonyl (C=O) groups excluding carboxylic acids is 1. The van der Waals surface area contributed by atoms with Crippen LogP contribution in [0.4, 0.5) is 0 Å². The van der Waals surface area contributed by atoms with Crippen LogP contribution in [-0.2, 0) is 6.54 Å². The van der Waals surface area contributed by atoms with Crippen molar-refractivity contribution in [3.63, 3.8) is 0 Å². The van der Waals surface area contributed by atoms with Crippen LogP contribution in [0.1, 0.15) is 41.3 Å². The summed E-state index contributed by atoms with van der Waals surface area (Å²) in [6.07, 6.45) is 0.963. The van der Waals surface area contributed by atoms with Crippen LogP contribution in [-0.4, -0.2) is 5.91 Å². The highest BCUT2D eigenvalue weighted by Crippen LogP contribution is 2.20. The maximum atomic E-state index is 11.0. The summed E-state index contributed by atoms with van der Waals surface area (Å²) in [5.74, 6) is 0.351. The first kappa shape index (κ1) is 14.8. The lowest BCUT2D eigenvalue weighted by Gasteiger charge is -2.16. The van der Waals surface area contributed by atoms with E-state index in [1.54, 1.807) is 12.1 Å². The van der Waals surface area contributed by atoms with Crippen LogP contribution in [0.3, 0.4) is 0 Å². The van der Waals surface area contributed by atoms with Gasteiger partial charge >= 0.3 is 0 Å². The van der Waals surface area contributed by atoms with Gasteiger partial charge in [-0.3, -0.25) is 4.79 Å². The van der Waals surface area contributed by atoms with Crippen molar-refractivity contribution in [2.75, 3.05) is 0 Å². The van der Waals surface area contributed by atoms with E-state index in [0.29, 0.717) is 12.3 Å². The molecule has 106 valence electrons. The number of halogens is 1. The number of benzene rings is 1. The van der Waals surface area contributed by atoms with E-state index in [2.05, 4.69) is 40.3 Å². The average Bonchev–Trinajstić information content (AvgIpc) is 2.90. The normalized spacial score (nSPS) is 12.3. The first-order valence-electron chi connectivity index (χ1n) is 6.47. The summed E-state index contributed by atoms with van der Waals surface area (Å²) >= 11 is 3.43. The predicted molar refractivity (Wildman–Crippen MR) is 81.2 cm³/mol. The Kier molecular flexibility index (Phi) is 4.98. The second-order valence-electron chi connectivity index (χ2n) is 4.52. The second-order valence-corrected chi connectivity index (χ2v) is 5.44. The molecule has 4 nitrogen and oxygen atoms in total. The molecule has 1 heterocycles. The van der Waals surface area contributed by atoms with Crippen LogP contribution >= 0.6 is 15.9 Å². The highest BCUT2D eigenvalue weighted by Gasteiger charge is 2.11. The summed E-state index contributed by atoms with van der Waals surface area (Å²) in [7, 11) is 0. The zero-order chi connectivity index (χ0) is 14.5. The van der Waals surface area contributed by atoms with E-state index >= 15 is 0 Å². The minimum absolute atomic E-state index is 0.193. The maximum Gasteiger partial charge on any atom is 0.284 e. The number of primary amides is 1. The molecule has 0 aliphatic carbocycles. The molecular weight excluding hydrogens is 320 g/mol. The topological polar surface area (TPSA) is 68.3 Å². The summed E-state index contributed by atoms with van der Waals surface area (Å²) in [4.78, 5) is 11.0. The first-order valence-corrected chi connectivity index (χ1v) is 7.26. The molecule has 0 spiro atoms. The summed E-state index contributed by atoms with van der Waals surface area (Å²) < 4.78 is 6.41. The highest BCUT2D eigenvalue weighted by molar-refractivity contribution is 9.10. The zero-order valence-electron chi connectivity index (χ0n) is 11.2. The largest absolute Gasteiger partial charge is 0.455 e. The van der Waals surface area contributed by atoms with Crippen molar-refractivity contribution < 1.29 is 9.21 Å². The molecule has 0 saturated heterocycles. The number of nitrogens with one attached hydrogen (secondary N) is 1. The Morgan fingerprint density at radius 1 is 1.30 bits per heavy atom. The van der Waals surface area contributed by atoms with Crippen LogP contribution < -0.4 is 11.1 Å². The van der Waals surface area contributed by atoms with Gasteiger partial charge in [0, 0.05) is 10.5 Å². The van der Waals surface area contributed by atoms with E-state index in [4.69, 9.17) is 10.2 Å². The Morgan fingerprint density at radius 3 is 2.55 bits per heavy atom. The molecule has 1 aromatic heterocycles.